The third-order valence-corrected chi connectivity index (χ3v) is 2.43. The molecule has 0 aliphatic rings. The number of aldehydes is 1. The van der Waals surface area contributed by atoms with Crippen LogP contribution in [-0.4, -0.2) is 23.8 Å². The van der Waals surface area contributed by atoms with Gasteiger partial charge in [-0.05, 0) is 51.5 Å². The van der Waals surface area contributed by atoms with Gasteiger partial charge in [0.05, 0.1) is 0 Å². The second-order valence-electron chi connectivity index (χ2n) is 5.60. The zero-order valence-electron chi connectivity index (χ0n) is 12.5. The van der Waals surface area contributed by atoms with E-state index in [1.165, 1.54) is 0 Å². The van der Waals surface area contributed by atoms with Crippen LogP contribution in [0.2, 0.25) is 0 Å². The van der Waals surface area contributed by atoms with E-state index in [2.05, 4.69) is 0 Å². The van der Waals surface area contributed by atoms with Gasteiger partial charge in [0.2, 0.25) is 0 Å². The van der Waals surface area contributed by atoms with Gasteiger partial charge in [0.15, 0.2) is 0 Å². The van der Waals surface area contributed by atoms with E-state index in [-0.39, 0.29) is 18.8 Å². The average molecular weight is 292 g/mol. The van der Waals surface area contributed by atoms with Crippen LogP contribution < -0.4 is 4.74 Å². The standard InChI is InChI=1S/C16H20O5/c1-16(2,3)21-15(19)6-4-5-14(18)20-13-9-7-12(11-17)8-10-13/h7-11H,4-6H2,1-3H3. The van der Waals surface area contributed by atoms with E-state index in [0.717, 1.165) is 0 Å². The molecule has 0 radical (unpaired) electrons. The smallest absolute Gasteiger partial charge is 0.311 e. The van der Waals surface area contributed by atoms with Crippen LogP contribution in [0.25, 0.3) is 0 Å². The lowest BCUT2D eigenvalue weighted by Crippen LogP contribution is -2.23. The molecule has 0 atom stereocenters. The number of ether oxygens (including phenoxy) is 2. The summed E-state index contributed by atoms with van der Waals surface area (Å²) in [4.78, 5) is 33.5. The average Bonchev–Trinajstić information content (AvgIpc) is 2.37. The van der Waals surface area contributed by atoms with E-state index in [4.69, 9.17) is 9.47 Å². The SMILES string of the molecule is CC(C)(C)OC(=O)CCCC(=O)Oc1ccc(C=O)cc1. The molecule has 0 heterocycles. The normalized spacial score (nSPS) is 10.8. The highest BCUT2D eigenvalue weighted by atomic mass is 16.6. The first-order valence-electron chi connectivity index (χ1n) is 6.78. The maximum absolute atomic E-state index is 11.6. The number of benzene rings is 1. The molecule has 0 aromatic heterocycles. The topological polar surface area (TPSA) is 69.7 Å². The third-order valence-electron chi connectivity index (χ3n) is 2.43. The van der Waals surface area contributed by atoms with Crippen molar-refractivity contribution < 1.29 is 23.9 Å². The highest BCUT2D eigenvalue weighted by Gasteiger charge is 2.16. The molecular weight excluding hydrogens is 272 g/mol. The van der Waals surface area contributed by atoms with Gasteiger partial charge < -0.3 is 9.47 Å². The Morgan fingerprint density at radius 2 is 1.62 bits per heavy atom. The number of esters is 2. The Balaban J connectivity index is 2.30. The molecule has 0 N–H and O–H groups in total. The number of hydrogen-bond donors (Lipinski definition) is 0. The van der Waals surface area contributed by atoms with Gasteiger partial charge in [-0.2, -0.15) is 0 Å². The fourth-order valence-electron chi connectivity index (χ4n) is 1.57. The van der Waals surface area contributed by atoms with Crippen LogP contribution in [-0.2, 0) is 14.3 Å². The summed E-state index contributed by atoms with van der Waals surface area (Å²) in [7, 11) is 0. The van der Waals surface area contributed by atoms with Gasteiger partial charge in [-0.3, -0.25) is 14.4 Å². The molecule has 114 valence electrons. The van der Waals surface area contributed by atoms with Crippen molar-refractivity contribution in [3.8, 4) is 5.75 Å². The second-order valence-corrected chi connectivity index (χ2v) is 5.60. The summed E-state index contributed by atoms with van der Waals surface area (Å²) in [6, 6.07) is 6.23. The Bertz CT molecular complexity index is 496. The lowest BCUT2D eigenvalue weighted by molar-refractivity contribution is -0.155. The first-order valence-corrected chi connectivity index (χ1v) is 6.78. The minimum absolute atomic E-state index is 0.134. The number of carbonyl (C=O) groups excluding carboxylic acids is 3. The van der Waals surface area contributed by atoms with Crippen LogP contribution in [0.1, 0.15) is 50.4 Å². The molecule has 1 aromatic carbocycles. The van der Waals surface area contributed by atoms with Crippen molar-refractivity contribution in [3.63, 3.8) is 0 Å². The van der Waals surface area contributed by atoms with Crippen LogP contribution in [0, 0.1) is 0 Å². The Kier molecular flexibility index (Phi) is 6.09. The van der Waals surface area contributed by atoms with Crippen molar-refractivity contribution in [2.75, 3.05) is 0 Å². The van der Waals surface area contributed by atoms with Gasteiger partial charge in [-0.15, -0.1) is 0 Å². The predicted octanol–water partition coefficient (Wildman–Crippen LogP) is 2.92. The second kappa shape index (κ2) is 7.57. The zero-order valence-corrected chi connectivity index (χ0v) is 12.5. The molecule has 1 rings (SSSR count). The fraction of sp³-hybridized carbons (Fsp3) is 0.438. The van der Waals surface area contributed by atoms with E-state index in [1.54, 1.807) is 45.0 Å². The highest BCUT2D eigenvalue weighted by molar-refractivity contribution is 5.76. The fourth-order valence-corrected chi connectivity index (χ4v) is 1.57. The molecule has 5 nitrogen and oxygen atoms in total. The van der Waals surface area contributed by atoms with Crippen molar-refractivity contribution in [2.45, 2.75) is 45.6 Å². The number of rotatable bonds is 6. The zero-order chi connectivity index (χ0) is 15.9. The molecule has 0 bridgehead atoms. The molecule has 0 saturated heterocycles. The van der Waals surface area contributed by atoms with Gasteiger partial charge in [-0.25, -0.2) is 0 Å². The number of hydrogen-bond acceptors (Lipinski definition) is 5. The van der Waals surface area contributed by atoms with Gasteiger partial charge in [-0.1, -0.05) is 0 Å². The van der Waals surface area contributed by atoms with Gasteiger partial charge >= 0.3 is 11.9 Å². The van der Waals surface area contributed by atoms with E-state index >= 15 is 0 Å². The van der Waals surface area contributed by atoms with Crippen LogP contribution in [0.4, 0.5) is 0 Å². The summed E-state index contributed by atoms with van der Waals surface area (Å²) in [5.74, 6) is -0.370. The van der Waals surface area contributed by atoms with Crippen molar-refractivity contribution in [3.05, 3.63) is 29.8 Å². The van der Waals surface area contributed by atoms with Crippen molar-refractivity contribution in [1.82, 2.24) is 0 Å². The minimum Gasteiger partial charge on any atom is -0.460 e. The Morgan fingerprint density at radius 1 is 1.05 bits per heavy atom. The largest absolute Gasteiger partial charge is 0.460 e. The minimum atomic E-state index is -0.516. The summed E-state index contributed by atoms with van der Waals surface area (Å²) in [6.45, 7) is 5.38. The molecule has 21 heavy (non-hydrogen) atoms. The van der Waals surface area contributed by atoms with Crippen molar-refractivity contribution >= 4 is 18.2 Å². The van der Waals surface area contributed by atoms with Crippen LogP contribution in [0.3, 0.4) is 0 Å². The van der Waals surface area contributed by atoms with Gasteiger partial charge in [0.25, 0.3) is 0 Å². The monoisotopic (exact) mass is 292 g/mol. The molecule has 0 spiro atoms. The maximum Gasteiger partial charge on any atom is 0.311 e. The van der Waals surface area contributed by atoms with Crippen LogP contribution >= 0.6 is 0 Å². The summed E-state index contributed by atoms with van der Waals surface area (Å²) >= 11 is 0. The van der Waals surface area contributed by atoms with Crippen molar-refractivity contribution in [1.29, 1.82) is 0 Å². The summed E-state index contributed by atoms with van der Waals surface area (Å²) in [5, 5.41) is 0. The molecule has 0 saturated carbocycles. The molecule has 0 aliphatic heterocycles. The van der Waals surface area contributed by atoms with Crippen LogP contribution in [0.15, 0.2) is 24.3 Å². The lowest BCUT2D eigenvalue weighted by Gasteiger charge is -2.19. The molecule has 5 heteroatoms. The number of carbonyl (C=O) groups is 3. The quantitative estimate of drug-likeness (QED) is 0.458. The molecular formula is C16H20O5. The van der Waals surface area contributed by atoms with E-state index in [0.29, 0.717) is 24.0 Å². The third kappa shape index (κ3) is 7.25. The Morgan fingerprint density at radius 3 is 2.14 bits per heavy atom. The van der Waals surface area contributed by atoms with Crippen LogP contribution in [0.5, 0.6) is 5.75 Å². The molecule has 0 fully saturated rings. The first kappa shape index (κ1) is 16.9. The summed E-state index contributed by atoms with van der Waals surface area (Å²) in [5.41, 5.74) is -0.00232. The summed E-state index contributed by atoms with van der Waals surface area (Å²) < 4.78 is 10.2. The molecule has 0 unspecified atom stereocenters. The first-order chi connectivity index (χ1) is 9.80. The maximum atomic E-state index is 11.6. The Hall–Kier alpha value is -2.17. The molecule has 0 amide bonds. The van der Waals surface area contributed by atoms with E-state index in [9.17, 15) is 14.4 Å². The summed E-state index contributed by atoms with van der Waals surface area (Å²) in [6.07, 6.45) is 1.40. The molecule has 0 aliphatic carbocycles. The highest BCUT2D eigenvalue weighted by Crippen LogP contribution is 2.13. The predicted molar refractivity (Wildman–Crippen MR) is 77.2 cm³/mol. The van der Waals surface area contributed by atoms with Gasteiger partial charge in [0, 0.05) is 18.4 Å². The molecule has 1 aromatic rings. The van der Waals surface area contributed by atoms with Crippen molar-refractivity contribution in [2.24, 2.45) is 0 Å². The Labute approximate surface area is 124 Å². The van der Waals surface area contributed by atoms with E-state index in [1.807, 2.05) is 0 Å². The van der Waals surface area contributed by atoms with E-state index < -0.39 is 11.6 Å². The van der Waals surface area contributed by atoms with Gasteiger partial charge in [0.1, 0.15) is 17.6 Å². The lowest BCUT2D eigenvalue weighted by atomic mass is 10.2.